The fourth-order valence-electron chi connectivity index (χ4n) is 2.88. The van der Waals surface area contributed by atoms with Crippen molar-refractivity contribution in [2.45, 2.75) is 23.3 Å². The third kappa shape index (κ3) is 2.71. The first-order valence-electron chi connectivity index (χ1n) is 6.79. The van der Waals surface area contributed by atoms with E-state index in [0.29, 0.717) is 11.3 Å². The molecule has 5 heteroatoms. The quantitative estimate of drug-likeness (QED) is 0.946. The third-order valence-electron chi connectivity index (χ3n) is 3.95. The lowest BCUT2D eigenvalue weighted by Crippen LogP contribution is -2.31. The standard InChI is InChI=1S/C16H16FNO2S/c17-12-7-5-11(6-8-12)9-15(18)14-10-21(19,20)16-4-2-1-3-13(14)16/h1-8,14-15H,9-10,18H2. The van der Waals surface area contributed by atoms with Gasteiger partial charge in [0.1, 0.15) is 5.82 Å². The van der Waals surface area contributed by atoms with Gasteiger partial charge in [0.05, 0.1) is 10.6 Å². The molecule has 2 atom stereocenters. The molecule has 0 aliphatic carbocycles. The van der Waals surface area contributed by atoms with Crippen molar-refractivity contribution in [3.63, 3.8) is 0 Å². The number of hydrogen-bond donors (Lipinski definition) is 1. The highest BCUT2D eigenvalue weighted by molar-refractivity contribution is 7.91. The molecule has 2 aromatic carbocycles. The molecule has 0 amide bonds. The molecular formula is C16H16FNO2S. The van der Waals surface area contributed by atoms with Crippen molar-refractivity contribution in [1.82, 2.24) is 0 Å². The zero-order chi connectivity index (χ0) is 15.0. The summed E-state index contributed by atoms with van der Waals surface area (Å²) in [6.45, 7) is 0. The lowest BCUT2D eigenvalue weighted by Gasteiger charge is -2.19. The second-order valence-corrected chi connectivity index (χ2v) is 7.42. The van der Waals surface area contributed by atoms with Crippen LogP contribution in [0.4, 0.5) is 4.39 Å². The van der Waals surface area contributed by atoms with Gasteiger partial charge in [-0.15, -0.1) is 0 Å². The number of sulfone groups is 1. The summed E-state index contributed by atoms with van der Waals surface area (Å²) in [5, 5.41) is 0. The van der Waals surface area contributed by atoms with Gasteiger partial charge in [0.15, 0.2) is 9.84 Å². The smallest absolute Gasteiger partial charge is 0.179 e. The monoisotopic (exact) mass is 305 g/mol. The summed E-state index contributed by atoms with van der Waals surface area (Å²) >= 11 is 0. The first-order valence-corrected chi connectivity index (χ1v) is 8.44. The van der Waals surface area contributed by atoms with Gasteiger partial charge in [-0.25, -0.2) is 12.8 Å². The van der Waals surface area contributed by atoms with Gasteiger partial charge in [-0.1, -0.05) is 30.3 Å². The maximum Gasteiger partial charge on any atom is 0.179 e. The van der Waals surface area contributed by atoms with Gasteiger partial charge in [-0.3, -0.25) is 0 Å². The van der Waals surface area contributed by atoms with E-state index in [1.165, 1.54) is 12.1 Å². The van der Waals surface area contributed by atoms with Gasteiger partial charge < -0.3 is 5.73 Å². The van der Waals surface area contributed by atoms with Gasteiger partial charge >= 0.3 is 0 Å². The second kappa shape index (κ2) is 5.24. The van der Waals surface area contributed by atoms with Crippen molar-refractivity contribution in [3.8, 4) is 0 Å². The number of nitrogens with two attached hydrogens (primary N) is 1. The SMILES string of the molecule is NC(Cc1ccc(F)cc1)C1CS(=O)(=O)c2ccccc21. The van der Waals surface area contributed by atoms with E-state index in [1.807, 2.05) is 12.1 Å². The Balaban J connectivity index is 1.86. The molecule has 0 bridgehead atoms. The van der Waals surface area contributed by atoms with E-state index in [0.717, 1.165) is 11.1 Å². The van der Waals surface area contributed by atoms with E-state index < -0.39 is 9.84 Å². The molecule has 3 rings (SSSR count). The van der Waals surface area contributed by atoms with Crippen LogP contribution in [0, 0.1) is 5.82 Å². The lowest BCUT2D eigenvalue weighted by molar-refractivity contribution is 0.558. The fraction of sp³-hybridized carbons (Fsp3) is 0.250. The Morgan fingerprint density at radius 3 is 2.52 bits per heavy atom. The summed E-state index contributed by atoms with van der Waals surface area (Å²) in [4.78, 5) is 0.393. The summed E-state index contributed by atoms with van der Waals surface area (Å²) in [6, 6.07) is 12.9. The Morgan fingerprint density at radius 2 is 1.81 bits per heavy atom. The van der Waals surface area contributed by atoms with Crippen molar-refractivity contribution >= 4 is 9.84 Å². The average molecular weight is 305 g/mol. The van der Waals surface area contributed by atoms with Gasteiger partial charge in [0.25, 0.3) is 0 Å². The Labute approximate surface area is 123 Å². The first kappa shape index (κ1) is 14.2. The molecule has 0 saturated carbocycles. The van der Waals surface area contributed by atoms with Crippen LogP contribution in [-0.2, 0) is 16.3 Å². The normalized spacial score (nSPS) is 21.0. The molecule has 110 valence electrons. The van der Waals surface area contributed by atoms with Crippen LogP contribution >= 0.6 is 0 Å². The fourth-order valence-corrected chi connectivity index (χ4v) is 4.82. The van der Waals surface area contributed by atoms with Gasteiger partial charge in [0.2, 0.25) is 0 Å². The summed E-state index contributed by atoms with van der Waals surface area (Å²) in [7, 11) is -3.24. The lowest BCUT2D eigenvalue weighted by atomic mass is 9.90. The predicted octanol–water partition coefficient (Wildman–Crippen LogP) is 2.27. The number of benzene rings is 2. The molecule has 1 heterocycles. The Hall–Kier alpha value is -1.72. The molecule has 0 spiro atoms. The molecule has 2 N–H and O–H groups in total. The maximum atomic E-state index is 12.9. The zero-order valence-corrected chi connectivity index (χ0v) is 12.2. The molecule has 1 aliphatic rings. The van der Waals surface area contributed by atoms with Crippen LogP contribution in [-0.4, -0.2) is 20.2 Å². The molecule has 2 aromatic rings. The molecule has 3 nitrogen and oxygen atoms in total. The molecule has 1 aliphatic heterocycles. The van der Waals surface area contributed by atoms with Crippen LogP contribution in [0.5, 0.6) is 0 Å². The van der Waals surface area contributed by atoms with E-state index >= 15 is 0 Å². The zero-order valence-electron chi connectivity index (χ0n) is 11.4. The Bertz CT molecular complexity index is 756. The van der Waals surface area contributed by atoms with Crippen molar-refractivity contribution in [1.29, 1.82) is 0 Å². The van der Waals surface area contributed by atoms with Gasteiger partial charge in [0, 0.05) is 12.0 Å². The maximum absolute atomic E-state index is 12.9. The van der Waals surface area contributed by atoms with Crippen molar-refractivity contribution < 1.29 is 12.8 Å². The van der Waals surface area contributed by atoms with Crippen molar-refractivity contribution in [2.75, 3.05) is 5.75 Å². The minimum atomic E-state index is -3.24. The second-order valence-electron chi connectivity index (χ2n) is 5.42. The van der Waals surface area contributed by atoms with E-state index in [9.17, 15) is 12.8 Å². The van der Waals surface area contributed by atoms with Gasteiger partial charge in [-0.05, 0) is 35.7 Å². The van der Waals surface area contributed by atoms with Crippen LogP contribution in [0.3, 0.4) is 0 Å². The predicted molar refractivity (Wildman–Crippen MR) is 79.3 cm³/mol. The van der Waals surface area contributed by atoms with E-state index in [1.54, 1.807) is 24.3 Å². The molecular weight excluding hydrogens is 289 g/mol. The number of hydrogen-bond acceptors (Lipinski definition) is 3. The van der Waals surface area contributed by atoms with E-state index in [2.05, 4.69) is 0 Å². The summed E-state index contributed by atoms with van der Waals surface area (Å²) in [5.74, 6) is -0.452. The molecule has 0 fully saturated rings. The summed E-state index contributed by atoms with van der Waals surface area (Å²) < 4.78 is 37.2. The third-order valence-corrected chi connectivity index (χ3v) is 5.79. The minimum absolute atomic E-state index is 0.0503. The average Bonchev–Trinajstić information content (AvgIpc) is 2.74. The summed E-state index contributed by atoms with van der Waals surface area (Å²) in [5.41, 5.74) is 7.93. The first-order chi connectivity index (χ1) is 9.97. The topological polar surface area (TPSA) is 60.2 Å². The largest absolute Gasteiger partial charge is 0.327 e. The molecule has 0 saturated heterocycles. The van der Waals surface area contributed by atoms with Crippen molar-refractivity contribution in [3.05, 3.63) is 65.5 Å². The molecule has 0 radical (unpaired) electrons. The van der Waals surface area contributed by atoms with Crippen molar-refractivity contribution in [2.24, 2.45) is 5.73 Å². The van der Waals surface area contributed by atoms with E-state index in [4.69, 9.17) is 5.73 Å². The van der Waals surface area contributed by atoms with Crippen LogP contribution in [0.25, 0.3) is 0 Å². The molecule has 0 aromatic heterocycles. The van der Waals surface area contributed by atoms with Crippen LogP contribution < -0.4 is 5.73 Å². The number of halogens is 1. The van der Waals surface area contributed by atoms with Crippen LogP contribution in [0.1, 0.15) is 17.0 Å². The number of fused-ring (bicyclic) bond motifs is 1. The highest BCUT2D eigenvalue weighted by atomic mass is 32.2. The van der Waals surface area contributed by atoms with Crippen LogP contribution in [0.2, 0.25) is 0 Å². The van der Waals surface area contributed by atoms with Crippen LogP contribution in [0.15, 0.2) is 53.4 Å². The number of rotatable bonds is 3. The summed E-state index contributed by atoms with van der Waals surface area (Å²) in [6.07, 6.45) is 0.523. The molecule has 2 unspecified atom stereocenters. The minimum Gasteiger partial charge on any atom is -0.327 e. The Kier molecular flexibility index (Phi) is 3.55. The Morgan fingerprint density at radius 1 is 1.14 bits per heavy atom. The highest BCUT2D eigenvalue weighted by Gasteiger charge is 2.37. The van der Waals surface area contributed by atoms with Gasteiger partial charge in [-0.2, -0.15) is 0 Å². The highest BCUT2D eigenvalue weighted by Crippen LogP contribution is 2.36. The van der Waals surface area contributed by atoms with E-state index in [-0.39, 0.29) is 23.5 Å². The molecule has 21 heavy (non-hydrogen) atoms.